The molecule has 1 aliphatic rings. The normalized spacial score (nSPS) is 21.5. The van der Waals surface area contributed by atoms with E-state index >= 15 is 0 Å². The summed E-state index contributed by atoms with van der Waals surface area (Å²) in [7, 11) is 0. The first-order chi connectivity index (χ1) is 6.18. The number of fused-ring (bicyclic) bond motifs is 1. The maximum atomic E-state index is 11.5. The first kappa shape index (κ1) is 8.48. The van der Waals surface area contributed by atoms with Crippen LogP contribution in [0.15, 0.2) is 6.33 Å². The molecule has 13 heavy (non-hydrogen) atoms. The number of halogens is 1. The van der Waals surface area contributed by atoms with E-state index in [-0.39, 0.29) is 11.6 Å². The zero-order chi connectivity index (χ0) is 9.42. The van der Waals surface area contributed by atoms with E-state index in [2.05, 4.69) is 20.6 Å². The molecule has 2 amide bonds. The number of alkyl halides is 1. The molecule has 0 spiro atoms. The summed E-state index contributed by atoms with van der Waals surface area (Å²) in [6, 6.07) is -0.418. The summed E-state index contributed by atoms with van der Waals surface area (Å²) in [4.78, 5) is 29.1. The molecule has 1 aliphatic heterocycles. The maximum Gasteiger partial charge on any atom is 0.321 e. The Labute approximate surface area is 86.6 Å². The largest absolute Gasteiger partial charge is 0.340 e. The van der Waals surface area contributed by atoms with E-state index in [4.69, 9.17) is 0 Å². The van der Waals surface area contributed by atoms with Crippen LogP contribution in [0.4, 0.5) is 10.6 Å². The van der Waals surface area contributed by atoms with E-state index in [1.54, 1.807) is 0 Å². The van der Waals surface area contributed by atoms with Crippen LogP contribution in [0.1, 0.15) is 10.5 Å². The third-order valence-electron chi connectivity index (χ3n) is 1.61. The van der Waals surface area contributed by atoms with Crippen LogP contribution in [0.5, 0.6) is 0 Å². The Bertz CT molecular complexity index is 374. The molecule has 0 saturated carbocycles. The molecule has 0 saturated heterocycles. The van der Waals surface area contributed by atoms with Crippen LogP contribution in [-0.2, 0) is 0 Å². The molecule has 7 heteroatoms. The van der Waals surface area contributed by atoms with Gasteiger partial charge in [0.1, 0.15) is 9.74 Å². The van der Waals surface area contributed by atoms with Gasteiger partial charge in [0.2, 0.25) is 5.78 Å². The van der Waals surface area contributed by atoms with Crippen molar-refractivity contribution in [1.82, 2.24) is 15.3 Å². The average molecular weight is 292 g/mol. The molecule has 0 bridgehead atoms. The fraction of sp³-hybridized carbons (Fsp3) is 0.167. The maximum absolute atomic E-state index is 11.5. The Morgan fingerprint density at radius 1 is 1.46 bits per heavy atom. The summed E-state index contributed by atoms with van der Waals surface area (Å²) in [5.41, 5.74) is 0.331. The van der Waals surface area contributed by atoms with Crippen LogP contribution >= 0.6 is 22.6 Å². The fourth-order valence-electron chi connectivity index (χ4n) is 1.03. The molecule has 0 aromatic carbocycles. The van der Waals surface area contributed by atoms with Gasteiger partial charge in [-0.3, -0.25) is 10.1 Å². The van der Waals surface area contributed by atoms with Crippen LogP contribution in [0, 0.1) is 0 Å². The van der Waals surface area contributed by atoms with Gasteiger partial charge in [0, 0.05) is 0 Å². The van der Waals surface area contributed by atoms with Crippen molar-refractivity contribution >= 4 is 40.2 Å². The quantitative estimate of drug-likeness (QED) is 0.369. The number of amides is 2. The molecule has 6 nitrogen and oxygen atoms in total. The summed E-state index contributed by atoms with van der Waals surface area (Å²) < 4.78 is -0.556. The number of hydrogen-bond donors (Lipinski definition) is 3. The highest BCUT2D eigenvalue weighted by Gasteiger charge is 2.27. The van der Waals surface area contributed by atoms with Gasteiger partial charge < -0.3 is 10.3 Å². The van der Waals surface area contributed by atoms with E-state index in [1.807, 2.05) is 22.6 Å². The van der Waals surface area contributed by atoms with Crippen molar-refractivity contribution in [3.8, 4) is 0 Å². The van der Waals surface area contributed by atoms with Gasteiger partial charge in [-0.05, 0) is 22.6 Å². The van der Waals surface area contributed by atoms with E-state index in [9.17, 15) is 9.59 Å². The Hall–Kier alpha value is -1.12. The van der Waals surface area contributed by atoms with Crippen LogP contribution in [0.2, 0.25) is 0 Å². The van der Waals surface area contributed by atoms with E-state index in [0.29, 0.717) is 5.69 Å². The lowest BCUT2D eigenvalue weighted by Crippen LogP contribution is -2.36. The van der Waals surface area contributed by atoms with Crippen molar-refractivity contribution in [1.29, 1.82) is 0 Å². The zero-order valence-corrected chi connectivity index (χ0v) is 8.45. The number of nitrogens with zero attached hydrogens (tertiary/aromatic N) is 1. The molecule has 0 aliphatic carbocycles. The highest BCUT2D eigenvalue weighted by atomic mass is 127. The molecule has 1 aromatic rings. The number of aromatic nitrogens is 2. The molecule has 3 N–H and O–H groups in total. The number of H-pyrrole nitrogens is 1. The number of imidazole rings is 1. The Balaban J connectivity index is 2.47. The summed E-state index contributed by atoms with van der Waals surface area (Å²) in [5, 5.41) is 4.90. The molecule has 0 fully saturated rings. The molecule has 2 rings (SSSR count). The van der Waals surface area contributed by atoms with Gasteiger partial charge >= 0.3 is 6.03 Å². The predicted octanol–water partition coefficient (Wildman–Crippen LogP) is 0.489. The van der Waals surface area contributed by atoms with Crippen molar-refractivity contribution < 1.29 is 9.59 Å². The first-order valence-electron chi connectivity index (χ1n) is 3.47. The second kappa shape index (κ2) is 2.98. The van der Waals surface area contributed by atoms with Crippen LogP contribution in [-0.4, -0.2) is 25.8 Å². The first-order valence-corrected chi connectivity index (χ1v) is 4.72. The monoisotopic (exact) mass is 292 g/mol. The van der Waals surface area contributed by atoms with Gasteiger partial charge in [-0.1, -0.05) is 0 Å². The lowest BCUT2D eigenvalue weighted by molar-refractivity contribution is 0.0985. The minimum atomic E-state index is -0.556. The topological polar surface area (TPSA) is 86.9 Å². The molecule has 1 aromatic heterocycles. The molecular formula is C6H5IN4O2. The number of urea groups is 1. The number of aromatic amines is 1. The Kier molecular flexibility index (Phi) is 1.94. The lowest BCUT2D eigenvalue weighted by atomic mass is 10.3. The van der Waals surface area contributed by atoms with Crippen molar-refractivity contribution in [3.63, 3.8) is 0 Å². The van der Waals surface area contributed by atoms with Gasteiger partial charge in [-0.15, -0.1) is 0 Å². The Morgan fingerprint density at radius 2 is 2.23 bits per heavy atom. The number of carbonyl (C=O) groups is 2. The van der Waals surface area contributed by atoms with E-state index < -0.39 is 10.1 Å². The van der Waals surface area contributed by atoms with Gasteiger partial charge in [-0.2, -0.15) is 0 Å². The van der Waals surface area contributed by atoms with Gasteiger partial charge in [0.05, 0.1) is 6.33 Å². The number of ketones is 1. The highest BCUT2D eigenvalue weighted by Crippen LogP contribution is 2.17. The van der Waals surface area contributed by atoms with E-state index in [1.165, 1.54) is 6.33 Å². The van der Waals surface area contributed by atoms with E-state index in [0.717, 1.165) is 0 Å². The SMILES string of the molecule is O=C1Nc2nc[nH]c2C(=O)C(I)N1. The summed E-state index contributed by atoms with van der Waals surface area (Å²) >= 11 is 1.85. The van der Waals surface area contributed by atoms with Crippen LogP contribution < -0.4 is 10.6 Å². The van der Waals surface area contributed by atoms with Crippen molar-refractivity contribution in [2.45, 2.75) is 4.05 Å². The van der Waals surface area contributed by atoms with Crippen molar-refractivity contribution in [2.75, 3.05) is 5.32 Å². The molecule has 0 radical (unpaired) electrons. The molecule has 1 atom stereocenters. The summed E-state index contributed by atoms with van der Waals surface area (Å²) in [5.74, 6) is 0.0908. The Morgan fingerprint density at radius 3 is 3.00 bits per heavy atom. The second-order valence-corrected chi connectivity index (χ2v) is 3.70. The van der Waals surface area contributed by atoms with Crippen LogP contribution in [0.25, 0.3) is 0 Å². The highest BCUT2D eigenvalue weighted by molar-refractivity contribution is 14.1. The number of nitrogens with one attached hydrogen (secondary N) is 3. The number of Topliss-reactive ketones (excluding diaryl/α,β-unsaturated/α-hetero) is 1. The minimum absolute atomic E-state index is 0.188. The second-order valence-electron chi connectivity index (χ2n) is 2.45. The number of anilines is 1. The van der Waals surface area contributed by atoms with Crippen molar-refractivity contribution in [3.05, 3.63) is 12.0 Å². The van der Waals surface area contributed by atoms with Gasteiger partial charge in [0.25, 0.3) is 0 Å². The smallest absolute Gasteiger partial charge is 0.321 e. The lowest BCUT2D eigenvalue weighted by Gasteiger charge is -2.04. The zero-order valence-electron chi connectivity index (χ0n) is 6.30. The minimum Gasteiger partial charge on any atom is -0.340 e. The third kappa shape index (κ3) is 1.39. The average Bonchev–Trinajstić information content (AvgIpc) is 2.47. The standard InChI is InChI=1S/C6H5IN4O2/c7-4-3(12)2-5(9-1-8-2)11-6(13)10-4/h1,4H,(H,8,9)(H2,10,11,13). The number of rotatable bonds is 0. The molecular weight excluding hydrogens is 287 g/mol. The molecule has 2 heterocycles. The molecule has 68 valence electrons. The molecule has 1 unspecified atom stereocenters. The fourth-order valence-corrected chi connectivity index (χ4v) is 1.62. The third-order valence-corrected chi connectivity index (χ3v) is 2.48. The van der Waals surface area contributed by atoms with Crippen molar-refractivity contribution in [2.24, 2.45) is 0 Å². The summed E-state index contributed by atoms with van der Waals surface area (Å²) in [6.45, 7) is 0. The van der Waals surface area contributed by atoms with Gasteiger partial charge in [0.15, 0.2) is 5.82 Å². The summed E-state index contributed by atoms with van der Waals surface area (Å²) in [6.07, 6.45) is 1.37. The van der Waals surface area contributed by atoms with Gasteiger partial charge in [-0.25, -0.2) is 9.78 Å². The van der Waals surface area contributed by atoms with Crippen LogP contribution in [0.3, 0.4) is 0 Å². The number of hydrogen-bond acceptors (Lipinski definition) is 3. The predicted molar refractivity (Wildman–Crippen MR) is 52.9 cm³/mol. The number of carbonyl (C=O) groups excluding carboxylic acids is 2.